The van der Waals surface area contributed by atoms with Crippen molar-refractivity contribution in [1.82, 2.24) is 4.98 Å². The van der Waals surface area contributed by atoms with E-state index in [1.807, 2.05) is 48.5 Å². The predicted octanol–water partition coefficient (Wildman–Crippen LogP) is 12.0. The fourth-order valence-electron chi connectivity index (χ4n) is 6.01. The van der Waals surface area contributed by atoms with Gasteiger partial charge < -0.3 is 9.32 Å². The van der Waals surface area contributed by atoms with Crippen LogP contribution in [0.4, 0.5) is 17.1 Å². The zero-order valence-electron chi connectivity index (χ0n) is 25.1. The van der Waals surface area contributed by atoms with Crippen LogP contribution in [-0.4, -0.2) is 4.98 Å². The molecule has 46 heavy (non-hydrogen) atoms. The van der Waals surface area contributed by atoms with Gasteiger partial charge in [-0.25, -0.2) is 4.98 Å². The topological polar surface area (TPSA) is 29.3 Å². The van der Waals surface area contributed by atoms with Crippen molar-refractivity contribution in [1.29, 1.82) is 0 Å². The van der Waals surface area contributed by atoms with Crippen LogP contribution in [0.1, 0.15) is 0 Å². The number of nitrogens with zero attached hydrogens (tertiary/aromatic N) is 2. The van der Waals surface area contributed by atoms with Gasteiger partial charge in [-0.2, -0.15) is 0 Å². The number of hydrogen-bond donors (Lipinski definition) is 0. The van der Waals surface area contributed by atoms with Gasteiger partial charge in [-0.15, -0.1) is 0 Å². The van der Waals surface area contributed by atoms with Crippen LogP contribution in [0.2, 0.25) is 0 Å². The molecule has 1 heterocycles. The second-order valence-electron chi connectivity index (χ2n) is 11.2. The molecule has 0 N–H and O–H groups in total. The van der Waals surface area contributed by atoms with E-state index in [-0.39, 0.29) is 0 Å². The fourth-order valence-corrected chi connectivity index (χ4v) is 6.01. The molecule has 0 amide bonds. The molecule has 7 aromatic carbocycles. The third kappa shape index (κ3) is 5.36. The predicted molar refractivity (Wildman–Crippen MR) is 190 cm³/mol. The Hall–Kier alpha value is -6.19. The maximum Gasteiger partial charge on any atom is 0.227 e. The SMILES string of the molecule is c1ccc(-c2ccc(N(c3ccc(-c4cccc5oc(-c6ccccc6)nc45)cc3)c3cccc(-c4ccccc4)c3)cc2)cc1. The number of anilines is 3. The van der Waals surface area contributed by atoms with Crippen molar-refractivity contribution in [3.05, 3.63) is 182 Å². The number of fused-ring (bicyclic) bond motifs is 1. The Morgan fingerprint density at radius 2 is 0.870 bits per heavy atom. The highest BCUT2D eigenvalue weighted by atomic mass is 16.3. The van der Waals surface area contributed by atoms with Crippen molar-refractivity contribution in [2.45, 2.75) is 0 Å². The average molecular weight is 591 g/mol. The number of hydrogen-bond acceptors (Lipinski definition) is 3. The molecule has 3 heteroatoms. The molecule has 8 aromatic rings. The van der Waals surface area contributed by atoms with Crippen molar-refractivity contribution in [3.8, 4) is 44.8 Å². The van der Waals surface area contributed by atoms with Gasteiger partial charge >= 0.3 is 0 Å². The zero-order valence-corrected chi connectivity index (χ0v) is 25.1. The minimum Gasteiger partial charge on any atom is -0.436 e. The van der Waals surface area contributed by atoms with E-state index in [0.717, 1.165) is 44.9 Å². The minimum absolute atomic E-state index is 0.628. The first-order chi connectivity index (χ1) is 22.8. The van der Waals surface area contributed by atoms with Crippen LogP contribution in [-0.2, 0) is 0 Å². The van der Waals surface area contributed by atoms with Gasteiger partial charge in [-0.3, -0.25) is 0 Å². The van der Waals surface area contributed by atoms with Crippen molar-refractivity contribution in [3.63, 3.8) is 0 Å². The molecule has 0 saturated heterocycles. The summed E-state index contributed by atoms with van der Waals surface area (Å²) in [6.07, 6.45) is 0. The molecule has 0 atom stereocenters. The zero-order chi connectivity index (χ0) is 30.7. The quantitative estimate of drug-likeness (QED) is 0.185. The Kier molecular flexibility index (Phi) is 7.18. The monoisotopic (exact) mass is 590 g/mol. The number of oxazole rings is 1. The van der Waals surface area contributed by atoms with Gasteiger partial charge in [0.15, 0.2) is 5.58 Å². The summed E-state index contributed by atoms with van der Waals surface area (Å²) >= 11 is 0. The molecule has 0 radical (unpaired) electrons. The molecule has 218 valence electrons. The lowest BCUT2D eigenvalue weighted by Gasteiger charge is -2.26. The first-order valence-electron chi connectivity index (χ1n) is 15.5. The Morgan fingerprint density at radius 1 is 0.370 bits per heavy atom. The Labute approximate surface area is 268 Å². The van der Waals surface area contributed by atoms with E-state index >= 15 is 0 Å². The second kappa shape index (κ2) is 12.1. The summed E-state index contributed by atoms with van der Waals surface area (Å²) < 4.78 is 6.16. The molecule has 0 saturated carbocycles. The molecule has 0 fully saturated rings. The molecular weight excluding hydrogens is 560 g/mol. The fraction of sp³-hybridized carbons (Fsp3) is 0. The summed E-state index contributed by atoms with van der Waals surface area (Å²) in [7, 11) is 0. The molecule has 0 spiro atoms. The lowest BCUT2D eigenvalue weighted by molar-refractivity contribution is 0.620. The normalized spacial score (nSPS) is 11.0. The number of benzene rings is 7. The van der Waals surface area contributed by atoms with Gasteiger partial charge in [0, 0.05) is 28.2 Å². The standard InChI is InChI=1S/C43H30N2O/c1-4-12-31(13-5-1)33-22-26-37(27-23-33)45(39-19-10-18-36(30-39)32-14-6-2-7-15-32)38-28-24-34(25-29-38)40-20-11-21-41-42(40)44-43(46-41)35-16-8-3-9-17-35/h1-30H. The van der Waals surface area contributed by atoms with Crippen molar-refractivity contribution in [2.24, 2.45) is 0 Å². The molecule has 0 aliphatic carbocycles. The molecule has 8 rings (SSSR count). The number of aromatic nitrogens is 1. The highest BCUT2D eigenvalue weighted by molar-refractivity contribution is 5.93. The summed E-state index contributed by atoms with van der Waals surface area (Å²) in [5.41, 5.74) is 12.7. The summed E-state index contributed by atoms with van der Waals surface area (Å²) in [6.45, 7) is 0. The van der Waals surface area contributed by atoms with E-state index in [1.165, 1.54) is 22.3 Å². The first-order valence-corrected chi connectivity index (χ1v) is 15.5. The van der Waals surface area contributed by atoms with E-state index in [2.05, 4.69) is 138 Å². The smallest absolute Gasteiger partial charge is 0.227 e. The molecule has 0 unspecified atom stereocenters. The number of rotatable bonds is 7. The maximum atomic E-state index is 6.16. The average Bonchev–Trinajstić information content (AvgIpc) is 3.59. The second-order valence-corrected chi connectivity index (χ2v) is 11.2. The van der Waals surface area contributed by atoms with E-state index in [4.69, 9.17) is 9.40 Å². The molecule has 1 aromatic heterocycles. The van der Waals surface area contributed by atoms with E-state index in [0.29, 0.717) is 5.89 Å². The van der Waals surface area contributed by atoms with Crippen LogP contribution in [0.3, 0.4) is 0 Å². The highest BCUT2D eigenvalue weighted by Gasteiger charge is 2.16. The van der Waals surface area contributed by atoms with Gasteiger partial charge in [0.2, 0.25) is 5.89 Å². The molecule has 0 aliphatic rings. The molecule has 0 aliphatic heterocycles. The van der Waals surface area contributed by atoms with Gasteiger partial charge in [0.1, 0.15) is 5.52 Å². The van der Waals surface area contributed by atoms with Gasteiger partial charge in [0.05, 0.1) is 0 Å². The molecule has 3 nitrogen and oxygen atoms in total. The van der Waals surface area contributed by atoms with Gasteiger partial charge in [-0.1, -0.05) is 127 Å². The third-order valence-corrected chi connectivity index (χ3v) is 8.32. The number of para-hydroxylation sites is 1. The maximum absolute atomic E-state index is 6.16. The van der Waals surface area contributed by atoms with Crippen LogP contribution in [0.25, 0.3) is 55.9 Å². The Bertz CT molecular complexity index is 2220. The lowest BCUT2D eigenvalue weighted by Crippen LogP contribution is -2.10. The molecule has 0 bridgehead atoms. The van der Waals surface area contributed by atoms with Crippen LogP contribution < -0.4 is 4.90 Å². The van der Waals surface area contributed by atoms with E-state index < -0.39 is 0 Å². The first kappa shape index (κ1) is 27.4. The van der Waals surface area contributed by atoms with Crippen molar-refractivity contribution >= 4 is 28.2 Å². The Morgan fingerprint density at radius 3 is 1.50 bits per heavy atom. The van der Waals surface area contributed by atoms with Crippen LogP contribution in [0.15, 0.2) is 186 Å². The van der Waals surface area contributed by atoms with E-state index in [1.54, 1.807) is 0 Å². The van der Waals surface area contributed by atoms with Crippen molar-refractivity contribution in [2.75, 3.05) is 4.90 Å². The van der Waals surface area contributed by atoms with Crippen molar-refractivity contribution < 1.29 is 4.42 Å². The van der Waals surface area contributed by atoms with E-state index in [9.17, 15) is 0 Å². The van der Waals surface area contributed by atoms with Crippen LogP contribution >= 0.6 is 0 Å². The largest absolute Gasteiger partial charge is 0.436 e. The molecular formula is C43H30N2O. The summed E-state index contributed by atoms with van der Waals surface area (Å²) in [4.78, 5) is 7.22. The van der Waals surface area contributed by atoms with Crippen LogP contribution in [0.5, 0.6) is 0 Å². The van der Waals surface area contributed by atoms with Crippen LogP contribution in [0, 0.1) is 0 Å². The van der Waals surface area contributed by atoms with Gasteiger partial charge in [-0.05, 0) is 82.4 Å². The summed E-state index contributed by atoms with van der Waals surface area (Å²) in [5, 5.41) is 0. The third-order valence-electron chi connectivity index (χ3n) is 8.32. The summed E-state index contributed by atoms with van der Waals surface area (Å²) in [6, 6.07) is 63.4. The summed E-state index contributed by atoms with van der Waals surface area (Å²) in [5.74, 6) is 0.628. The minimum atomic E-state index is 0.628. The van der Waals surface area contributed by atoms with Gasteiger partial charge in [0.25, 0.3) is 0 Å². The lowest BCUT2D eigenvalue weighted by atomic mass is 10.0. The highest BCUT2D eigenvalue weighted by Crippen LogP contribution is 2.39. The Balaban J connectivity index is 1.19.